The molecular formula is C20H24N6O3. The van der Waals surface area contributed by atoms with E-state index in [1.165, 1.54) is 6.07 Å². The van der Waals surface area contributed by atoms with E-state index in [9.17, 15) is 14.4 Å². The Morgan fingerprint density at radius 2 is 1.86 bits per heavy atom. The number of hydrogen-bond donors (Lipinski definition) is 1. The van der Waals surface area contributed by atoms with Gasteiger partial charge in [-0.05, 0) is 24.6 Å². The van der Waals surface area contributed by atoms with Crippen molar-refractivity contribution >= 4 is 22.9 Å². The van der Waals surface area contributed by atoms with Crippen LogP contribution in [0.4, 0.5) is 5.95 Å². The van der Waals surface area contributed by atoms with E-state index in [2.05, 4.69) is 9.97 Å². The topological polar surface area (TPSA) is 96.2 Å². The summed E-state index contributed by atoms with van der Waals surface area (Å²) >= 11 is 0. The normalized spacial score (nSPS) is 16.6. The number of H-pyrrole nitrogens is 1. The number of aromatic amines is 1. The highest BCUT2D eigenvalue weighted by atomic mass is 16.2. The molecule has 1 N–H and O–H groups in total. The SMILES string of the molecule is CN(C)c1nc([C@H]2CCN(C(=O)c3ccc4c(c3)n(C)c(=O)n4C)C2)cc(=O)[nH]1. The van der Waals surface area contributed by atoms with Gasteiger partial charge in [0.1, 0.15) is 0 Å². The van der Waals surface area contributed by atoms with Crippen LogP contribution in [0.25, 0.3) is 11.0 Å². The van der Waals surface area contributed by atoms with Crippen LogP contribution >= 0.6 is 0 Å². The predicted molar refractivity (Wildman–Crippen MR) is 111 cm³/mol. The van der Waals surface area contributed by atoms with Crippen molar-refractivity contribution in [2.24, 2.45) is 14.1 Å². The molecule has 2 aromatic heterocycles. The summed E-state index contributed by atoms with van der Waals surface area (Å²) in [5.41, 5.74) is 2.45. The number of rotatable bonds is 3. The first kappa shape index (κ1) is 19.0. The molecule has 0 unspecified atom stereocenters. The van der Waals surface area contributed by atoms with Gasteiger partial charge in [-0.15, -0.1) is 0 Å². The Labute approximate surface area is 167 Å². The number of imidazole rings is 1. The molecule has 1 atom stereocenters. The summed E-state index contributed by atoms with van der Waals surface area (Å²) in [5.74, 6) is 0.445. The van der Waals surface area contributed by atoms with Gasteiger partial charge in [0, 0.05) is 58.8 Å². The fourth-order valence-corrected chi connectivity index (χ4v) is 3.89. The molecule has 1 fully saturated rings. The second kappa shape index (κ2) is 6.91. The Hall–Kier alpha value is -3.36. The third-order valence-electron chi connectivity index (χ3n) is 5.59. The van der Waals surface area contributed by atoms with Crippen LogP contribution in [0.1, 0.15) is 28.4 Å². The number of carbonyl (C=O) groups excluding carboxylic acids is 1. The number of likely N-dealkylation sites (tertiary alicyclic amines) is 1. The molecule has 1 amide bonds. The average molecular weight is 396 g/mol. The van der Waals surface area contributed by atoms with Gasteiger partial charge in [0.25, 0.3) is 11.5 Å². The molecule has 152 valence electrons. The van der Waals surface area contributed by atoms with Crippen LogP contribution in [0.15, 0.2) is 33.9 Å². The Morgan fingerprint density at radius 1 is 1.14 bits per heavy atom. The maximum atomic E-state index is 13.0. The quantitative estimate of drug-likeness (QED) is 0.702. The van der Waals surface area contributed by atoms with E-state index < -0.39 is 0 Å². The fourth-order valence-electron chi connectivity index (χ4n) is 3.89. The van der Waals surface area contributed by atoms with E-state index in [1.807, 2.05) is 14.1 Å². The van der Waals surface area contributed by atoms with E-state index in [0.717, 1.165) is 17.5 Å². The van der Waals surface area contributed by atoms with Crippen LogP contribution in [-0.2, 0) is 14.1 Å². The van der Waals surface area contributed by atoms with E-state index in [1.54, 1.807) is 51.2 Å². The molecule has 0 bridgehead atoms. The largest absolute Gasteiger partial charge is 0.348 e. The van der Waals surface area contributed by atoms with Gasteiger partial charge in [0.15, 0.2) is 0 Å². The lowest BCUT2D eigenvalue weighted by Gasteiger charge is -2.17. The molecule has 9 heteroatoms. The second-order valence-electron chi connectivity index (χ2n) is 7.73. The molecule has 9 nitrogen and oxygen atoms in total. The number of hydrogen-bond acceptors (Lipinski definition) is 5. The number of aromatic nitrogens is 4. The highest BCUT2D eigenvalue weighted by Gasteiger charge is 2.29. The van der Waals surface area contributed by atoms with Crippen molar-refractivity contribution in [1.82, 2.24) is 24.0 Å². The van der Waals surface area contributed by atoms with Crippen LogP contribution in [-0.4, -0.2) is 57.1 Å². The van der Waals surface area contributed by atoms with Gasteiger partial charge in [0.2, 0.25) is 5.95 Å². The summed E-state index contributed by atoms with van der Waals surface area (Å²) in [4.78, 5) is 47.9. The number of amides is 1. The average Bonchev–Trinajstić information content (AvgIpc) is 3.27. The molecule has 1 aliphatic heterocycles. The van der Waals surface area contributed by atoms with Gasteiger partial charge >= 0.3 is 5.69 Å². The molecule has 1 saturated heterocycles. The number of fused-ring (bicyclic) bond motifs is 1. The lowest BCUT2D eigenvalue weighted by molar-refractivity contribution is 0.0791. The summed E-state index contributed by atoms with van der Waals surface area (Å²) in [6.07, 6.45) is 0.751. The molecule has 3 aromatic rings. The van der Waals surface area contributed by atoms with Gasteiger partial charge in [-0.2, -0.15) is 0 Å². The van der Waals surface area contributed by atoms with Crippen molar-refractivity contribution in [2.75, 3.05) is 32.1 Å². The minimum absolute atomic E-state index is 0.0183. The molecular weight excluding hydrogens is 372 g/mol. The maximum Gasteiger partial charge on any atom is 0.328 e. The van der Waals surface area contributed by atoms with E-state index in [4.69, 9.17) is 0 Å². The van der Waals surface area contributed by atoms with Gasteiger partial charge in [-0.25, -0.2) is 9.78 Å². The van der Waals surface area contributed by atoms with Crippen LogP contribution < -0.4 is 16.1 Å². The third kappa shape index (κ3) is 3.22. The summed E-state index contributed by atoms with van der Waals surface area (Å²) in [6, 6.07) is 6.84. The van der Waals surface area contributed by atoms with E-state index >= 15 is 0 Å². The number of benzene rings is 1. The monoisotopic (exact) mass is 396 g/mol. The lowest BCUT2D eigenvalue weighted by atomic mass is 10.0. The van der Waals surface area contributed by atoms with Crippen LogP contribution in [0.3, 0.4) is 0 Å². The zero-order valence-corrected chi connectivity index (χ0v) is 17.0. The van der Waals surface area contributed by atoms with Crippen LogP contribution in [0.2, 0.25) is 0 Å². The van der Waals surface area contributed by atoms with E-state index in [-0.39, 0.29) is 23.1 Å². The minimum atomic E-state index is -0.195. The van der Waals surface area contributed by atoms with E-state index in [0.29, 0.717) is 30.3 Å². The van der Waals surface area contributed by atoms with Gasteiger partial charge in [-0.1, -0.05) is 0 Å². The number of nitrogens with zero attached hydrogens (tertiary/aromatic N) is 5. The number of aryl methyl sites for hydroxylation is 2. The van der Waals surface area contributed by atoms with Crippen molar-refractivity contribution in [3.63, 3.8) is 0 Å². The molecule has 3 heterocycles. The number of anilines is 1. The molecule has 1 aliphatic rings. The highest BCUT2D eigenvalue weighted by Crippen LogP contribution is 2.27. The van der Waals surface area contributed by atoms with Crippen LogP contribution in [0.5, 0.6) is 0 Å². The van der Waals surface area contributed by atoms with Crippen LogP contribution in [0, 0.1) is 0 Å². The molecule has 0 radical (unpaired) electrons. The first-order valence-electron chi connectivity index (χ1n) is 9.49. The first-order chi connectivity index (χ1) is 13.8. The molecule has 0 aliphatic carbocycles. The molecule has 0 spiro atoms. The Kier molecular flexibility index (Phi) is 4.52. The lowest BCUT2D eigenvalue weighted by Crippen LogP contribution is -2.29. The third-order valence-corrected chi connectivity index (χ3v) is 5.59. The summed E-state index contributed by atoms with van der Waals surface area (Å²) in [7, 11) is 7.05. The van der Waals surface area contributed by atoms with Gasteiger partial charge < -0.3 is 9.80 Å². The van der Waals surface area contributed by atoms with Crippen molar-refractivity contribution in [2.45, 2.75) is 12.3 Å². The Bertz CT molecular complexity index is 1220. The molecule has 29 heavy (non-hydrogen) atoms. The maximum absolute atomic E-state index is 13.0. The molecule has 0 saturated carbocycles. The summed E-state index contributed by atoms with van der Waals surface area (Å²) < 4.78 is 3.11. The Balaban J connectivity index is 1.59. The van der Waals surface area contributed by atoms with Gasteiger partial charge in [0.05, 0.1) is 16.7 Å². The first-order valence-corrected chi connectivity index (χ1v) is 9.49. The number of carbonyl (C=O) groups is 1. The predicted octanol–water partition coefficient (Wildman–Crippen LogP) is 0.656. The second-order valence-corrected chi connectivity index (χ2v) is 7.73. The van der Waals surface area contributed by atoms with Crippen molar-refractivity contribution < 1.29 is 4.79 Å². The fraction of sp³-hybridized carbons (Fsp3) is 0.400. The smallest absolute Gasteiger partial charge is 0.328 e. The zero-order valence-electron chi connectivity index (χ0n) is 17.0. The molecule has 1 aromatic carbocycles. The Morgan fingerprint density at radius 3 is 2.59 bits per heavy atom. The zero-order chi connectivity index (χ0) is 20.9. The van der Waals surface area contributed by atoms with Crippen molar-refractivity contribution in [1.29, 1.82) is 0 Å². The summed E-state index contributed by atoms with van der Waals surface area (Å²) in [5, 5.41) is 0. The van der Waals surface area contributed by atoms with Gasteiger partial charge in [-0.3, -0.25) is 23.7 Å². The van der Waals surface area contributed by atoms with Crippen molar-refractivity contribution in [3.8, 4) is 0 Å². The molecule has 4 rings (SSSR count). The highest BCUT2D eigenvalue weighted by molar-refractivity contribution is 5.97. The van der Waals surface area contributed by atoms with Crippen molar-refractivity contribution in [3.05, 3.63) is 56.4 Å². The minimum Gasteiger partial charge on any atom is -0.348 e. The number of nitrogens with one attached hydrogen (secondary N) is 1. The standard InChI is InChI=1S/C20H24N6O3/c1-23(2)19-21-14(10-17(27)22-19)13-7-8-26(11-13)18(28)12-5-6-15-16(9-12)25(4)20(29)24(15)3/h5-6,9-10,13H,7-8,11H2,1-4H3,(H,21,22,27)/t13-/m0/s1. The summed E-state index contributed by atoms with van der Waals surface area (Å²) in [6.45, 7) is 1.11.